The van der Waals surface area contributed by atoms with Crippen molar-refractivity contribution in [2.75, 3.05) is 5.73 Å². The quantitative estimate of drug-likeness (QED) is 0.814. The monoisotopic (exact) mass is 236 g/mol. The summed E-state index contributed by atoms with van der Waals surface area (Å²) in [5, 5.41) is 9.09. The van der Waals surface area contributed by atoms with Crippen molar-refractivity contribution >= 4 is 11.7 Å². The van der Waals surface area contributed by atoms with E-state index in [4.69, 9.17) is 10.8 Å². The first kappa shape index (κ1) is 11.7. The van der Waals surface area contributed by atoms with E-state index in [0.29, 0.717) is 16.9 Å². The summed E-state index contributed by atoms with van der Waals surface area (Å²) in [4.78, 5) is 23.3. The van der Waals surface area contributed by atoms with Gasteiger partial charge in [0, 0.05) is 11.7 Å². The Labute approximate surface area is 98.9 Å². The van der Waals surface area contributed by atoms with E-state index < -0.39 is 11.5 Å². The van der Waals surface area contributed by atoms with Gasteiger partial charge in [0.25, 0.3) is 5.56 Å². The van der Waals surface area contributed by atoms with Crippen LogP contribution in [-0.4, -0.2) is 15.6 Å². The number of hydrogen-bond acceptors (Lipinski definition) is 3. The summed E-state index contributed by atoms with van der Waals surface area (Å²) in [6.07, 6.45) is 2.91. The lowest BCUT2D eigenvalue weighted by molar-refractivity contribution is 0.0692. The van der Waals surface area contributed by atoms with Gasteiger partial charge in [-0.15, -0.1) is 0 Å². The van der Waals surface area contributed by atoms with Crippen molar-refractivity contribution in [1.82, 2.24) is 4.57 Å². The third-order valence-electron chi connectivity index (χ3n) is 3.62. The number of nitrogens with zero attached hydrogens (tertiary/aromatic N) is 1. The van der Waals surface area contributed by atoms with Gasteiger partial charge in [0.05, 0.1) is 5.69 Å². The van der Waals surface area contributed by atoms with E-state index in [1.165, 1.54) is 0 Å². The molecule has 1 aliphatic carbocycles. The number of carboxylic acids is 1. The summed E-state index contributed by atoms with van der Waals surface area (Å²) in [6, 6.07) is 0.114. The second-order valence-corrected chi connectivity index (χ2v) is 4.56. The standard InChI is InChI=1S/C12H16N2O3/c1-6-9(12(16)17)11(15)14(7(2)10(6)13)8-4-3-5-8/h8H,3-5,13H2,1-2H3,(H,16,17). The predicted molar refractivity (Wildman–Crippen MR) is 64.4 cm³/mol. The van der Waals surface area contributed by atoms with Crippen molar-refractivity contribution < 1.29 is 9.90 Å². The molecule has 1 aromatic rings. The smallest absolute Gasteiger partial charge is 0.341 e. The maximum absolute atomic E-state index is 12.2. The fourth-order valence-corrected chi connectivity index (χ4v) is 2.31. The van der Waals surface area contributed by atoms with E-state index in [1.807, 2.05) is 0 Å². The Hall–Kier alpha value is -1.78. The highest BCUT2D eigenvalue weighted by Crippen LogP contribution is 2.33. The largest absolute Gasteiger partial charge is 0.477 e. The van der Waals surface area contributed by atoms with Gasteiger partial charge in [0.1, 0.15) is 5.56 Å². The highest BCUT2D eigenvalue weighted by molar-refractivity contribution is 5.90. The fraction of sp³-hybridized carbons (Fsp3) is 0.500. The Morgan fingerprint density at radius 1 is 1.41 bits per heavy atom. The summed E-state index contributed by atoms with van der Waals surface area (Å²) in [5.74, 6) is -1.20. The normalized spacial score (nSPS) is 15.6. The van der Waals surface area contributed by atoms with Gasteiger partial charge in [0.15, 0.2) is 0 Å². The third-order valence-corrected chi connectivity index (χ3v) is 3.62. The zero-order chi connectivity index (χ0) is 12.7. The van der Waals surface area contributed by atoms with Crippen molar-refractivity contribution in [1.29, 1.82) is 0 Å². The second-order valence-electron chi connectivity index (χ2n) is 4.56. The van der Waals surface area contributed by atoms with E-state index in [-0.39, 0.29) is 11.6 Å². The van der Waals surface area contributed by atoms with Crippen LogP contribution in [0.4, 0.5) is 5.69 Å². The van der Waals surface area contributed by atoms with Gasteiger partial charge in [-0.3, -0.25) is 4.79 Å². The second kappa shape index (κ2) is 3.91. The molecule has 0 spiro atoms. The molecule has 1 aliphatic rings. The lowest BCUT2D eigenvalue weighted by Gasteiger charge is -2.30. The van der Waals surface area contributed by atoms with Crippen LogP contribution in [0.2, 0.25) is 0 Å². The highest BCUT2D eigenvalue weighted by atomic mass is 16.4. The average Bonchev–Trinajstić information content (AvgIpc) is 2.18. The van der Waals surface area contributed by atoms with Gasteiger partial charge in [-0.2, -0.15) is 0 Å². The molecular weight excluding hydrogens is 220 g/mol. The summed E-state index contributed by atoms with van der Waals surface area (Å²) in [7, 11) is 0. The third kappa shape index (κ3) is 1.62. The Bertz CT molecular complexity index is 542. The van der Waals surface area contributed by atoms with E-state index in [9.17, 15) is 9.59 Å². The molecule has 0 atom stereocenters. The van der Waals surface area contributed by atoms with E-state index in [1.54, 1.807) is 18.4 Å². The van der Waals surface area contributed by atoms with Crippen LogP contribution in [0.3, 0.4) is 0 Å². The minimum absolute atomic E-state index is 0.114. The van der Waals surface area contributed by atoms with Crippen LogP contribution in [0.1, 0.15) is 46.9 Å². The number of aromatic carboxylic acids is 1. The molecule has 0 bridgehead atoms. The first-order valence-electron chi connectivity index (χ1n) is 5.69. The maximum atomic E-state index is 12.2. The van der Waals surface area contributed by atoms with Crippen molar-refractivity contribution in [3.63, 3.8) is 0 Å². The van der Waals surface area contributed by atoms with Gasteiger partial charge >= 0.3 is 5.97 Å². The molecule has 1 aromatic heterocycles. The van der Waals surface area contributed by atoms with Crippen LogP contribution in [0.25, 0.3) is 0 Å². The van der Waals surface area contributed by atoms with Gasteiger partial charge < -0.3 is 15.4 Å². The van der Waals surface area contributed by atoms with Crippen LogP contribution in [0, 0.1) is 13.8 Å². The molecule has 2 rings (SSSR count). The topological polar surface area (TPSA) is 85.3 Å². The Kier molecular flexibility index (Phi) is 2.69. The molecule has 5 heteroatoms. The molecule has 0 saturated heterocycles. The van der Waals surface area contributed by atoms with Crippen molar-refractivity contribution in [2.24, 2.45) is 0 Å². The van der Waals surface area contributed by atoms with Gasteiger partial charge in [-0.25, -0.2) is 4.79 Å². The van der Waals surface area contributed by atoms with Crippen LogP contribution >= 0.6 is 0 Å². The number of carbonyl (C=O) groups is 1. The molecule has 0 amide bonds. The zero-order valence-corrected chi connectivity index (χ0v) is 9.99. The highest BCUT2D eigenvalue weighted by Gasteiger charge is 2.27. The number of nitrogen functional groups attached to an aromatic ring is 1. The van der Waals surface area contributed by atoms with Crippen molar-refractivity contribution in [2.45, 2.75) is 39.2 Å². The number of pyridine rings is 1. The molecule has 1 fully saturated rings. The van der Waals surface area contributed by atoms with Crippen LogP contribution in [-0.2, 0) is 0 Å². The summed E-state index contributed by atoms with van der Waals surface area (Å²) in [5.41, 5.74) is 6.73. The lowest BCUT2D eigenvalue weighted by Crippen LogP contribution is -2.35. The summed E-state index contributed by atoms with van der Waals surface area (Å²) in [6.45, 7) is 3.35. The first-order chi connectivity index (χ1) is 7.95. The SMILES string of the molecule is Cc1c(N)c(C)n(C2CCC2)c(=O)c1C(=O)O. The minimum atomic E-state index is -1.20. The van der Waals surface area contributed by atoms with E-state index >= 15 is 0 Å². The van der Waals surface area contributed by atoms with Crippen molar-refractivity contribution in [3.05, 3.63) is 27.2 Å². The molecule has 1 heterocycles. The summed E-state index contributed by atoms with van der Waals surface area (Å²) >= 11 is 0. The zero-order valence-electron chi connectivity index (χ0n) is 9.99. The Balaban J connectivity index is 2.75. The first-order valence-corrected chi connectivity index (χ1v) is 5.69. The van der Waals surface area contributed by atoms with Gasteiger partial charge in [-0.05, 0) is 38.7 Å². The van der Waals surface area contributed by atoms with E-state index in [2.05, 4.69) is 0 Å². The molecule has 17 heavy (non-hydrogen) atoms. The predicted octanol–water partition coefficient (Wildman–Crippen LogP) is 1.47. The minimum Gasteiger partial charge on any atom is -0.477 e. The Morgan fingerprint density at radius 3 is 2.41 bits per heavy atom. The number of carboxylic acid groups (broad SMARTS) is 1. The van der Waals surface area contributed by atoms with Gasteiger partial charge in [-0.1, -0.05) is 0 Å². The molecule has 92 valence electrons. The number of anilines is 1. The number of nitrogens with two attached hydrogens (primary N) is 1. The number of aromatic nitrogens is 1. The fourth-order valence-electron chi connectivity index (χ4n) is 2.31. The molecule has 3 N–H and O–H groups in total. The molecule has 0 radical (unpaired) electrons. The lowest BCUT2D eigenvalue weighted by atomic mass is 9.91. The van der Waals surface area contributed by atoms with E-state index in [0.717, 1.165) is 19.3 Å². The summed E-state index contributed by atoms with van der Waals surface area (Å²) < 4.78 is 1.55. The number of hydrogen-bond donors (Lipinski definition) is 2. The molecule has 5 nitrogen and oxygen atoms in total. The molecule has 0 unspecified atom stereocenters. The van der Waals surface area contributed by atoms with Crippen LogP contribution in [0.15, 0.2) is 4.79 Å². The molecule has 0 aromatic carbocycles. The Morgan fingerprint density at radius 2 is 2.00 bits per heavy atom. The van der Waals surface area contributed by atoms with Crippen LogP contribution in [0.5, 0.6) is 0 Å². The van der Waals surface area contributed by atoms with Crippen molar-refractivity contribution in [3.8, 4) is 0 Å². The molecule has 1 saturated carbocycles. The molecule has 0 aliphatic heterocycles. The van der Waals surface area contributed by atoms with Crippen LogP contribution < -0.4 is 11.3 Å². The van der Waals surface area contributed by atoms with Gasteiger partial charge in [0.2, 0.25) is 0 Å². The number of rotatable bonds is 2. The maximum Gasteiger partial charge on any atom is 0.341 e. The average molecular weight is 236 g/mol. The molecular formula is C12H16N2O3.